The second-order valence-electron chi connectivity index (χ2n) is 6.64. The highest BCUT2D eigenvalue weighted by Gasteiger charge is 2.18. The van der Waals surface area contributed by atoms with E-state index < -0.39 is 6.55 Å². The summed E-state index contributed by atoms with van der Waals surface area (Å²) in [6.07, 6.45) is 0.165. The molecule has 0 saturated carbocycles. The highest BCUT2D eigenvalue weighted by molar-refractivity contribution is 7.98. The molecule has 0 atom stereocenters. The van der Waals surface area contributed by atoms with Crippen molar-refractivity contribution >= 4 is 45.7 Å². The molecular formula is C21H18F2N4OS2. The molecule has 0 spiro atoms. The molecule has 4 aromatic rings. The SMILES string of the molecule is Cc1ccc(NC(=O)Cc2nc(CSc3nc4ccccc4n3C(F)F)cs2)cc1. The van der Waals surface area contributed by atoms with Crippen molar-refractivity contribution in [2.75, 3.05) is 5.32 Å². The van der Waals surface area contributed by atoms with E-state index in [2.05, 4.69) is 15.3 Å². The lowest BCUT2D eigenvalue weighted by Gasteiger charge is -2.06. The number of thiazole rings is 1. The van der Waals surface area contributed by atoms with E-state index in [9.17, 15) is 13.6 Å². The van der Waals surface area contributed by atoms with Crippen molar-refractivity contribution in [1.29, 1.82) is 0 Å². The van der Waals surface area contributed by atoms with Gasteiger partial charge in [-0.2, -0.15) is 8.78 Å². The Morgan fingerprint density at radius 3 is 2.70 bits per heavy atom. The molecule has 0 bridgehead atoms. The fourth-order valence-electron chi connectivity index (χ4n) is 2.93. The minimum atomic E-state index is -2.67. The standard InChI is InChI=1S/C21H18F2N4OS2/c1-13-6-8-14(9-7-13)24-18(28)10-19-25-15(11-29-19)12-30-21-26-16-4-2-3-5-17(16)27(21)20(22)23/h2-9,11,20H,10,12H2,1H3,(H,24,28). The number of para-hydroxylation sites is 2. The number of alkyl halides is 2. The van der Waals surface area contributed by atoms with Gasteiger partial charge in [-0.3, -0.25) is 9.36 Å². The van der Waals surface area contributed by atoms with Gasteiger partial charge in [0.25, 0.3) is 0 Å². The molecule has 0 unspecified atom stereocenters. The lowest BCUT2D eigenvalue weighted by Crippen LogP contribution is -2.14. The van der Waals surface area contributed by atoms with Gasteiger partial charge in [0.2, 0.25) is 5.91 Å². The number of imidazole rings is 1. The molecule has 1 N–H and O–H groups in total. The average molecular weight is 445 g/mol. The molecule has 0 fully saturated rings. The van der Waals surface area contributed by atoms with Gasteiger partial charge in [0, 0.05) is 16.8 Å². The number of rotatable bonds is 7. The Labute approximate surface area is 180 Å². The topological polar surface area (TPSA) is 59.8 Å². The molecule has 9 heteroatoms. The molecular weight excluding hydrogens is 426 g/mol. The zero-order valence-corrected chi connectivity index (χ0v) is 17.6. The van der Waals surface area contributed by atoms with Crippen LogP contribution < -0.4 is 5.32 Å². The summed E-state index contributed by atoms with van der Waals surface area (Å²) in [5.74, 6) is 0.249. The van der Waals surface area contributed by atoms with Crippen LogP contribution in [0, 0.1) is 6.92 Å². The fourth-order valence-corrected chi connectivity index (χ4v) is 4.73. The van der Waals surface area contributed by atoms with E-state index in [1.54, 1.807) is 24.3 Å². The number of hydrogen-bond acceptors (Lipinski definition) is 5. The predicted molar refractivity (Wildman–Crippen MR) is 116 cm³/mol. The predicted octanol–water partition coefficient (Wildman–Crippen LogP) is 5.67. The third-order valence-electron chi connectivity index (χ3n) is 4.35. The molecule has 2 aromatic carbocycles. The Morgan fingerprint density at radius 1 is 1.17 bits per heavy atom. The molecule has 1 amide bonds. The Morgan fingerprint density at radius 2 is 1.93 bits per heavy atom. The number of halogens is 2. The van der Waals surface area contributed by atoms with Crippen LogP contribution >= 0.6 is 23.1 Å². The van der Waals surface area contributed by atoms with Crippen molar-refractivity contribution < 1.29 is 13.6 Å². The van der Waals surface area contributed by atoms with Gasteiger partial charge in [0.15, 0.2) is 5.16 Å². The zero-order valence-electron chi connectivity index (χ0n) is 16.0. The van der Waals surface area contributed by atoms with Crippen LogP contribution in [-0.4, -0.2) is 20.4 Å². The fraction of sp³-hybridized carbons (Fsp3) is 0.190. The third-order valence-corrected chi connectivity index (χ3v) is 6.24. The van der Waals surface area contributed by atoms with E-state index in [0.717, 1.165) is 21.5 Å². The molecule has 4 rings (SSSR count). The summed E-state index contributed by atoms with van der Waals surface area (Å²) in [7, 11) is 0. The number of carbonyl (C=O) groups is 1. The number of benzene rings is 2. The van der Waals surface area contributed by atoms with Gasteiger partial charge in [-0.25, -0.2) is 9.97 Å². The smallest absolute Gasteiger partial charge is 0.321 e. The lowest BCUT2D eigenvalue weighted by molar-refractivity contribution is -0.115. The molecule has 0 aliphatic rings. The van der Waals surface area contributed by atoms with Crippen LogP contribution in [0.3, 0.4) is 0 Å². The van der Waals surface area contributed by atoms with Crippen LogP contribution in [0.4, 0.5) is 14.5 Å². The first kappa shape index (κ1) is 20.5. The number of aromatic nitrogens is 3. The van der Waals surface area contributed by atoms with Crippen molar-refractivity contribution in [1.82, 2.24) is 14.5 Å². The third kappa shape index (κ3) is 4.68. The number of nitrogens with one attached hydrogen (secondary N) is 1. The number of thioether (sulfide) groups is 1. The summed E-state index contributed by atoms with van der Waals surface area (Å²) in [6, 6.07) is 14.4. The normalized spacial score (nSPS) is 11.3. The number of carbonyl (C=O) groups excluding carboxylic acids is 1. The van der Waals surface area contributed by atoms with Gasteiger partial charge < -0.3 is 5.32 Å². The van der Waals surface area contributed by atoms with Gasteiger partial charge in [-0.15, -0.1) is 11.3 Å². The van der Waals surface area contributed by atoms with E-state index >= 15 is 0 Å². The quantitative estimate of drug-likeness (QED) is 0.373. The maximum Gasteiger partial charge on any atom is 0.321 e. The number of hydrogen-bond donors (Lipinski definition) is 1. The number of amides is 1. The maximum absolute atomic E-state index is 13.5. The Bertz CT molecular complexity index is 1170. The molecule has 2 heterocycles. The largest absolute Gasteiger partial charge is 0.326 e. The molecule has 0 radical (unpaired) electrons. The Balaban J connectivity index is 1.39. The van der Waals surface area contributed by atoms with Crippen LogP contribution in [0.1, 0.15) is 22.8 Å². The van der Waals surface area contributed by atoms with Crippen molar-refractivity contribution in [2.45, 2.75) is 30.8 Å². The minimum Gasteiger partial charge on any atom is -0.326 e. The number of aryl methyl sites for hydroxylation is 1. The summed E-state index contributed by atoms with van der Waals surface area (Å²) >= 11 is 2.59. The number of anilines is 1. The highest BCUT2D eigenvalue weighted by atomic mass is 32.2. The van der Waals surface area contributed by atoms with Crippen molar-refractivity contribution in [3.05, 3.63) is 70.2 Å². The maximum atomic E-state index is 13.5. The Kier molecular flexibility index (Phi) is 6.10. The first-order chi connectivity index (χ1) is 14.5. The summed E-state index contributed by atoms with van der Waals surface area (Å²) in [4.78, 5) is 21.0. The Hall–Kier alpha value is -2.78. The van der Waals surface area contributed by atoms with Crippen molar-refractivity contribution in [3.8, 4) is 0 Å². The molecule has 0 saturated heterocycles. The van der Waals surface area contributed by atoms with Gasteiger partial charge in [0.1, 0.15) is 5.01 Å². The van der Waals surface area contributed by atoms with Gasteiger partial charge in [0.05, 0.1) is 23.1 Å². The van der Waals surface area contributed by atoms with Crippen LogP contribution in [-0.2, 0) is 17.0 Å². The lowest BCUT2D eigenvalue weighted by atomic mass is 10.2. The summed E-state index contributed by atoms with van der Waals surface area (Å²) in [5, 5.41) is 5.62. The average Bonchev–Trinajstić information content (AvgIpc) is 3.31. The van der Waals surface area contributed by atoms with Crippen LogP contribution in [0.15, 0.2) is 59.1 Å². The molecule has 5 nitrogen and oxygen atoms in total. The van der Waals surface area contributed by atoms with E-state index in [0.29, 0.717) is 21.8 Å². The van der Waals surface area contributed by atoms with Crippen molar-refractivity contribution in [2.24, 2.45) is 0 Å². The first-order valence-corrected chi connectivity index (χ1v) is 11.0. The number of nitrogens with zero attached hydrogens (tertiary/aromatic N) is 3. The molecule has 154 valence electrons. The summed E-state index contributed by atoms with van der Waals surface area (Å²) in [6.45, 7) is -0.687. The van der Waals surface area contributed by atoms with Gasteiger partial charge in [-0.05, 0) is 31.2 Å². The molecule has 30 heavy (non-hydrogen) atoms. The van der Waals surface area contributed by atoms with E-state index in [-0.39, 0.29) is 17.5 Å². The van der Waals surface area contributed by atoms with Crippen LogP contribution in [0.5, 0.6) is 0 Å². The second kappa shape index (κ2) is 8.93. The monoisotopic (exact) mass is 444 g/mol. The molecule has 2 aromatic heterocycles. The minimum absolute atomic E-state index is 0.146. The zero-order chi connectivity index (χ0) is 21.1. The summed E-state index contributed by atoms with van der Waals surface area (Å²) in [5.41, 5.74) is 3.53. The van der Waals surface area contributed by atoms with Crippen molar-refractivity contribution in [3.63, 3.8) is 0 Å². The van der Waals surface area contributed by atoms with Gasteiger partial charge >= 0.3 is 6.55 Å². The van der Waals surface area contributed by atoms with E-state index in [1.165, 1.54) is 23.1 Å². The van der Waals surface area contributed by atoms with E-state index in [1.807, 2.05) is 36.6 Å². The van der Waals surface area contributed by atoms with Crippen LogP contribution in [0.25, 0.3) is 11.0 Å². The highest BCUT2D eigenvalue weighted by Crippen LogP contribution is 2.31. The molecule has 0 aliphatic heterocycles. The first-order valence-electron chi connectivity index (χ1n) is 9.17. The van der Waals surface area contributed by atoms with Gasteiger partial charge in [-0.1, -0.05) is 41.6 Å². The second-order valence-corrected chi connectivity index (χ2v) is 8.53. The van der Waals surface area contributed by atoms with Crippen LogP contribution in [0.2, 0.25) is 0 Å². The summed E-state index contributed by atoms with van der Waals surface area (Å²) < 4.78 is 28.0. The number of fused-ring (bicyclic) bond motifs is 1. The van der Waals surface area contributed by atoms with E-state index in [4.69, 9.17) is 0 Å². The molecule has 0 aliphatic carbocycles.